The zero-order valence-corrected chi connectivity index (χ0v) is 18.5. The maximum absolute atomic E-state index is 9.67. The molecule has 2 aromatic heterocycles. The van der Waals surface area contributed by atoms with Crippen LogP contribution in [0.2, 0.25) is 0 Å². The number of hydrogen-bond acceptors (Lipinski definition) is 7. The Hall–Kier alpha value is -4.28. The molecule has 0 bridgehead atoms. The first kappa shape index (κ1) is 21.6. The highest BCUT2D eigenvalue weighted by Gasteiger charge is 2.17. The number of pyridine rings is 1. The van der Waals surface area contributed by atoms with Gasteiger partial charge >= 0.3 is 0 Å². The molecule has 1 aliphatic rings. The predicted molar refractivity (Wildman–Crippen MR) is 130 cm³/mol. The van der Waals surface area contributed by atoms with Crippen molar-refractivity contribution in [3.8, 4) is 34.2 Å². The SMILES string of the molecule is N#Cc1cc(-c2ccnc(Nc3ccc(-c4cccnc4)cc3)n2)ccc1OC1CCOCC1. The van der Waals surface area contributed by atoms with Gasteiger partial charge in [0, 0.05) is 42.7 Å². The number of benzene rings is 2. The zero-order valence-electron chi connectivity index (χ0n) is 18.5. The highest BCUT2D eigenvalue weighted by Crippen LogP contribution is 2.28. The molecular weight excluding hydrogens is 426 g/mol. The summed E-state index contributed by atoms with van der Waals surface area (Å²) < 4.78 is 11.4. The zero-order chi connectivity index (χ0) is 23.2. The number of nitriles is 1. The number of nitrogens with one attached hydrogen (secondary N) is 1. The standard InChI is InChI=1S/C27H23N5O2/c28-17-22-16-20(5-8-26(22)34-24-10-14-33-15-11-24)25-9-13-30-27(32-25)31-23-6-3-19(4-7-23)21-2-1-12-29-18-21/h1-9,12-13,16,18,24H,10-11,14-15H2,(H,30,31,32). The normalized spacial score (nSPS) is 13.7. The highest BCUT2D eigenvalue weighted by molar-refractivity contribution is 5.68. The topological polar surface area (TPSA) is 93.0 Å². The van der Waals surface area contributed by atoms with Gasteiger partial charge in [-0.15, -0.1) is 0 Å². The van der Waals surface area contributed by atoms with E-state index in [9.17, 15) is 5.26 Å². The molecule has 0 aliphatic carbocycles. The van der Waals surface area contributed by atoms with E-state index in [4.69, 9.17) is 9.47 Å². The van der Waals surface area contributed by atoms with Crippen molar-refractivity contribution in [2.75, 3.05) is 18.5 Å². The van der Waals surface area contributed by atoms with E-state index >= 15 is 0 Å². The molecule has 7 heteroatoms. The molecule has 0 radical (unpaired) electrons. The molecule has 7 nitrogen and oxygen atoms in total. The van der Waals surface area contributed by atoms with E-state index in [1.165, 1.54) is 0 Å². The summed E-state index contributed by atoms with van der Waals surface area (Å²) in [5.41, 5.74) is 5.06. The fourth-order valence-electron chi connectivity index (χ4n) is 3.84. The minimum absolute atomic E-state index is 0.0751. The van der Waals surface area contributed by atoms with E-state index in [1.807, 2.05) is 66.9 Å². The van der Waals surface area contributed by atoms with Gasteiger partial charge < -0.3 is 14.8 Å². The van der Waals surface area contributed by atoms with Gasteiger partial charge in [-0.05, 0) is 53.6 Å². The quantitative estimate of drug-likeness (QED) is 0.422. The summed E-state index contributed by atoms with van der Waals surface area (Å²) in [5.74, 6) is 1.08. The van der Waals surface area contributed by atoms with Crippen LogP contribution in [0, 0.1) is 11.3 Å². The van der Waals surface area contributed by atoms with Gasteiger partial charge in [0.25, 0.3) is 0 Å². The average Bonchev–Trinajstić information content (AvgIpc) is 2.91. The summed E-state index contributed by atoms with van der Waals surface area (Å²) in [6, 6.07) is 21.6. The summed E-state index contributed by atoms with van der Waals surface area (Å²) in [4.78, 5) is 13.2. The van der Waals surface area contributed by atoms with Gasteiger partial charge in [0.05, 0.1) is 24.5 Å². The Bertz CT molecular complexity index is 1300. The second-order valence-electron chi connectivity index (χ2n) is 7.96. The molecule has 0 saturated carbocycles. The van der Waals surface area contributed by atoms with Crippen LogP contribution in [0.25, 0.3) is 22.4 Å². The van der Waals surface area contributed by atoms with Crippen molar-refractivity contribution in [1.82, 2.24) is 15.0 Å². The van der Waals surface area contributed by atoms with Crippen LogP contribution < -0.4 is 10.1 Å². The second kappa shape index (κ2) is 10.1. The largest absolute Gasteiger partial charge is 0.489 e. The van der Waals surface area contributed by atoms with Crippen molar-refractivity contribution >= 4 is 11.6 Å². The summed E-state index contributed by atoms with van der Waals surface area (Å²) in [6.07, 6.45) is 7.03. The Morgan fingerprint density at radius 3 is 2.53 bits per heavy atom. The van der Waals surface area contributed by atoms with Crippen LogP contribution in [0.5, 0.6) is 5.75 Å². The van der Waals surface area contributed by atoms with Crippen molar-refractivity contribution < 1.29 is 9.47 Å². The lowest BCUT2D eigenvalue weighted by Gasteiger charge is -2.23. The second-order valence-corrected chi connectivity index (χ2v) is 7.96. The van der Waals surface area contributed by atoms with Crippen LogP contribution in [0.4, 0.5) is 11.6 Å². The summed E-state index contributed by atoms with van der Waals surface area (Å²) in [7, 11) is 0. The predicted octanol–water partition coefficient (Wildman–Crippen LogP) is 5.38. The van der Waals surface area contributed by atoms with Crippen molar-refractivity contribution in [3.05, 3.63) is 84.8 Å². The fourth-order valence-corrected chi connectivity index (χ4v) is 3.84. The van der Waals surface area contributed by atoms with Crippen molar-refractivity contribution in [1.29, 1.82) is 5.26 Å². The van der Waals surface area contributed by atoms with E-state index in [2.05, 4.69) is 26.3 Å². The van der Waals surface area contributed by atoms with Gasteiger partial charge in [-0.3, -0.25) is 4.98 Å². The van der Waals surface area contributed by atoms with Crippen molar-refractivity contribution in [2.45, 2.75) is 18.9 Å². The molecule has 0 amide bonds. The molecular formula is C27H23N5O2. The van der Waals surface area contributed by atoms with Crippen molar-refractivity contribution in [3.63, 3.8) is 0 Å². The Morgan fingerprint density at radius 1 is 0.941 bits per heavy atom. The lowest BCUT2D eigenvalue weighted by molar-refractivity contribution is 0.0254. The first-order valence-corrected chi connectivity index (χ1v) is 11.2. The Morgan fingerprint density at radius 2 is 1.76 bits per heavy atom. The first-order valence-electron chi connectivity index (χ1n) is 11.2. The Labute approximate surface area is 198 Å². The van der Waals surface area contributed by atoms with Crippen LogP contribution in [0.15, 0.2) is 79.3 Å². The fraction of sp³-hybridized carbons (Fsp3) is 0.185. The molecule has 1 fully saturated rings. The highest BCUT2D eigenvalue weighted by atomic mass is 16.5. The van der Waals surface area contributed by atoms with Crippen molar-refractivity contribution in [2.24, 2.45) is 0 Å². The molecule has 168 valence electrons. The molecule has 5 rings (SSSR count). The van der Waals surface area contributed by atoms with Crippen LogP contribution in [-0.2, 0) is 4.74 Å². The summed E-state index contributed by atoms with van der Waals surface area (Å²) in [5, 5.41) is 12.9. The third-order valence-electron chi connectivity index (χ3n) is 5.65. The molecule has 3 heterocycles. The minimum Gasteiger partial charge on any atom is -0.489 e. The van der Waals surface area contributed by atoms with E-state index in [-0.39, 0.29) is 6.10 Å². The molecule has 0 atom stereocenters. The third-order valence-corrected chi connectivity index (χ3v) is 5.65. The monoisotopic (exact) mass is 449 g/mol. The van der Waals surface area contributed by atoms with Gasteiger partial charge in [-0.25, -0.2) is 9.97 Å². The number of rotatable bonds is 6. The van der Waals surface area contributed by atoms with E-state index < -0.39 is 0 Å². The van der Waals surface area contributed by atoms with Gasteiger partial charge in [0.2, 0.25) is 5.95 Å². The van der Waals surface area contributed by atoms with Gasteiger partial charge in [0.1, 0.15) is 17.9 Å². The van der Waals surface area contributed by atoms with E-state index in [0.29, 0.717) is 30.5 Å². The molecule has 0 unspecified atom stereocenters. The summed E-state index contributed by atoms with van der Waals surface area (Å²) in [6.45, 7) is 1.38. The lowest BCUT2D eigenvalue weighted by atomic mass is 10.1. The van der Waals surface area contributed by atoms with Gasteiger partial charge in [0.15, 0.2) is 0 Å². The maximum Gasteiger partial charge on any atom is 0.227 e. The van der Waals surface area contributed by atoms with Crippen LogP contribution in [0.1, 0.15) is 18.4 Å². The van der Waals surface area contributed by atoms with Gasteiger partial charge in [-0.1, -0.05) is 18.2 Å². The van der Waals surface area contributed by atoms with Crippen LogP contribution >= 0.6 is 0 Å². The molecule has 2 aromatic carbocycles. The van der Waals surface area contributed by atoms with E-state index in [0.717, 1.165) is 40.9 Å². The Kier molecular flexibility index (Phi) is 6.41. The number of nitrogens with zero attached hydrogens (tertiary/aromatic N) is 4. The number of hydrogen-bond donors (Lipinski definition) is 1. The number of ether oxygens (including phenoxy) is 2. The first-order chi connectivity index (χ1) is 16.8. The third kappa shape index (κ3) is 5.03. The van der Waals surface area contributed by atoms with Crippen LogP contribution in [0.3, 0.4) is 0 Å². The molecule has 34 heavy (non-hydrogen) atoms. The van der Waals surface area contributed by atoms with Crippen LogP contribution in [-0.4, -0.2) is 34.3 Å². The lowest BCUT2D eigenvalue weighted by Crippen LogP contribution is -2.26. The summed E-state index contributed by atoms with van der Waals surface area (Å²) >= 11 is 0. The molecule has 1 N–H and O–H groups in total. The average molecular weight is 450 g/mol. The molecule has 1 aliphatic heterocycles. The molecule has 0 spiro atoms. The van der Waals surface area contributed by atoms with E-state index in [1.54, 1.807) is 12.4 Å². The molecule has 1 saturated heterocycles. The number of anilines is 2. The number of aromatic nitrogens is 3. The molecule has 4 aromatic rings. The minimum atomic E-state index is 0.0751. The maximum atomic E-state index is 9.67. The smallest absolute Gasteiger partial charge is 0.227 e. The van der Waals surface area contributed by atoms with Gasteiger partial charge in [-0.2, -0.15) is 5.26 Å². The Balaban J connectivity index is 1.32.